The summed E-state index contributed by atoms with van der Waals surface area (Å²) in [4.78, 5) is 71.0. The third kappa shape index (κ3) is 30.5. The fourth-order valence-electron chi connectivity index (χ4n) is 9.56. The Bertz CT molecular complexity index is 3970. The van der Waals surface area contributed by atoms with E-state index in [1.54, 1.807) is 66.7 Å². The number of benzene rings is 4. The number of hydrogen-bond acceptors (Lipinski definition) is 18. The lowest BCUT2D eigenvalue weighted by atomic mass is 9.89. The van der Waals surface area contributed by atoms with Crippen molar-refractivity contribution in [2.75, 3.05) is 66.1 Å². The number of hydrogen-bond donors (Lipinski definition) is 0. The number of alkyl halides is 26. The zero-order chi connectivity index (χ0) is 92.8. The molecule has 0 amide bonds. The van der Waals surface area contributed by atoms with Crippen molar-refractivity contribution in [3.8, 4) is 29.4 Å². The Morgan fingerprint density at radius 2 is 0.777 bits per heavy atom. The monoisotopic (exact) mass is 1780 g/mol. The lowest BCUT2D eigenvalue weighted by molar-refractivity contribution is -0.440. The first-order valence-corrected chi connectivity index (χ1v) is 35.5. The van der Waals surface area contributed by atoms with Crippen LogP contribution in [0.5, 0.6) is 17.2 Å². The van der Waals surface area contributed by atoms with Crippen LogP contribution in [-0.4, -0.2) is 173 Å². The number of nitriles is 2. The number of para-hydroxylation sites is 1. The number of unbranched alkanes of at least 4 members (excludes halogenated alkanes) is 2. The molecule has 0 bridgehead atoms. The molecule has 44 heteroatoms. The summed E-state index contributed by atoms with van der Waals surface area (Å²) in [5.74, 6) is -81.4. The molecule has 3 unspecified atom stereocenters. The SMILES string of the molecule is C=CC(=O)OCCC(F)(F)C(F)(F)C(F)(F)C(F)(F)C(F)(F)C(F)(F)F.C=CC(=O)OCCCCOc1ccc(C#N)cc1.C=CC(=O)OCc1ccccc1.CC.CCC(C(=O)OCCC(F)(F)C(F)(F)C(F)(F)C(F)(F)C(F)(F)C(F)(F)F)C1CC1(CCC(=O)OCCOCCOc1ccccc1)C(=O)OCCCCOc1ccc(C#N)cc1. The van der Waals surface area contributed by atoms with E-state index in [0.29, 0.717) is 54.9 Å². The summed E-state index contributed by atoms with van der Waals surface area (Å²) in [7, 11) is 0. The average Bonchev–Trinajstić information content (AvgIpc) is 1.62. The predicted molar refractivity (Wildman–Crippen MR) is 372 cm³/mol. The van der Waals surface area contributed by atoms with Crippen LogP contribution in [0.25, 0.3) is 0 Å². The highest BCUT2D eigenvalue weighted by Crippen LogP contribution is 2.64. The second kappa shape index (κ2) is 48.2. The molecule has 5 rings (SSSR count). The highest BCUT2D eigenvalue weighted by Gasteiger charge is 2.92. The van der Waals surface area contributed by atoms with Gasteiger partial charge in [-0.3, -0.25) is 14.4 Å². The highest BCUT2D eigenvalue weighted by molar-refractivity contribution is 5.85. The van der Waals surface area contributed by atoms with Crippen molar-refractivity contribution in [3.63, 3.8) is 0 Å². The smallest absolute Gasteiger partial charge is 0.460 e. The van der Waals surface area contributed by atoms with Gasteiger partial charge in [-0.2, -0.15) is 125 Å². The fourth-order valence-corrected chi connectivity index (χ4v) is 9.56. The lowest BCUT2D eigenvalue weighted by Crippen LogP contribution is -2.70. The Labute approximate surface area is 674 Å². The zero-order valence-electron chi connectivity index (χ0n) is 64.0. The number of halogens is 26. The number of ether oxygens (including phenoxy) is 10. The van der Waals surface area contributed by atoms with Crippen molar-refractivity contribution >= 4 is 35.8 Å². The first kappa shape index (κ1) is 108. The van der Waals surface area contributed by atoms with Gasteiger partial charge in [0.15, 0.2) is 0 Å². The average molecular weight is 1780 g/mol. The minimum absolute atomic E-state index is 0.0383. The number of carbonyl (C=O) groups is 6. The van der Waals surface area contributed by atoms with E-state index in [1.165, 1.54) is 19.1 Å². The van der Waals surface area contributed by atoms with Crippen molar-refractivity contribution in [2.24, 2.45) is 17.3 Å². The topological polar surface area (TPSA) is 242 Å². The van der Waals surface area contributed by atoms with E-state index in [4.69, 9.17) is 48.4 Å². The van der Waals surface area contributed by atoms with Crippen LogP contribution in [0.2, 0.25) is 0 Å². The van der Waals surface area contributed by atoms with Gasteiger partial charge >= 0.3 is 107 Å². The summed E-state index contributed by atoms with van der Waals surface area (Å²) in [6, 6.07) is 35.4. The van der Waals surface area contributed by atoms with Gasteiger partial charge in [-0.1, -0.05) is 89.0 Å². The summed E-state index contributed by atoms with van der Waals surface area (Å²) >= 11 is 0. The van der Waals surface area contributed by atoms with Crippen LogP contribution in [-0.2, 0) is 68.5 Å². The first-order valence-electron chi connectivity index (χ1n) is 35.5. The minimum atomic E-state index is -8.07. The van der Waals surface area contributed by atoms with Crippen LogP contribution in [0.3, 0.4) is 0 Å². The van der Waals surface area contributed by atoms with Crippen LogP contribution in [0.1, 0.15) is 102 Å². The summed E-state index contributed by atoms with van der Waals surface area (Å²) in [6.45, 7) is 12.2. The molecule has 676 valence electrons. The van der Waals surface area contributed by atoms with Gasteiger partial charge in [0.05, 0.1) is 100 Å². The molecule has 1 aliphatic rings. The van der Waals surface area contributed by atoms with Gasteiger partial charge in [0.25, 0.3) is 0 Å². The van der Waals surface area contributed by atoms with Gasteiger partial charge in [-0.15, -0.1) is 0 Å². The van der Waals surface area contributed by atoms with Crippen molar-refractivity contribution in [2.45, 2.75) is 163 Å². The van der Waals surface area contributed by atoms with Gasteiger partial charge in [-0.25, -0.2) is 14.4 Å². The Morgan fingerprint density at radius 1 is 0.421 bits per heavy atom. The lowest BCUT2D eigenvalue weighted by Gasteiger charge is -2.39. The second-order valence-corrected chi connectivity index (χ2v) is 24.7. The molecule has 0 N–H and O–H groups in total. The van der Waals surface area contributed by atoms with Crippen LogP contribution in [0, 0.1) is 39.9 Å². The Balaban J connectivity index is 0.00000101. The normalized spacial score (nSPS) is 14.7. The molecular formula is C77H80F26N2O16. The first-order chi connectivity index (χ1) is 56.1. The standard InChI is InChI=1S/C40H42F13NO9.C14H15NO3.C11H7F13O2.C10H10O2.C2H6/c1-2-29(32(56)62-19-16-35(41,42)36(43,44)37(45,46)38(47,48)39(49,50)40(51,52)53)30-24-34(30,33(57)63-18-7-6-17-59-28-12-10-26(25-54)11-13-28)15-14-31(55)61-23-21-58-20-22-60-27-8-4-3-5-9-27;1-2-14(16)18-10-4-3-9-17-13-7-5-12(11-15)6-8-13;1-2-5(25)26-4-3-6(12,13)7(14,15)8(16,17)9(18,19)10(20,21)11(22,23)24;1-2-10(11)12-8-9-6-4-3-5-7-9;1-2/h3-5,8-13,29-30H,2,6-7,14-24H2,1H3;2,5-8H,1,3-4,9-10H2;2H,1,3-4H2;2-7H,1,8H2;1-2H3. The highest BCUT2D eigenvalue weighted by atomic mass is 19.4. The number of carbonyl (C=O) groups excluding carboxylic acids is 6. The molecule has 4 aromatic rings. The third-order valence-corrected chi connectivity index (χ3v) is 16.4. The molecule has 1 saturated carbocycles. The maximum absolute atomic E-state index is 14.3. The van der Waals surface area contributed by atoms with E-state index < -0.39 is 151 Å². The maximum Gasteiger partial charge on any atom is 0.460 e. The van der Waals surface area contributed by atoms with Gasteiger partial charge in [0, 0.05) is 24.6 Å². The molecule has 0 aliphatic heterocycles. The molecule has 1 fully saturated rings. The molecule has 0 aromatic heterocycles. The fraction of sp³-hybridized carbons (Fsp3) is 0.506. The van der Waals surface area contributed by atoms with Crippen LogP contribution in [0.4, 0.5) is 114 Å². The number of esters is 6. The van der Waals surface area contributed by atoms with Crippen LogP contribution in [0.15, 0.2) is 147 Å². The molecule has 0 radical (unpaired) electrons. The Hall–Kier alpha value is -10.6. The molecule has 0 heterocycles. The molecule has 1 aliphatic carbocycles. The Morgan fingerprint density at radius 3 is 1.18 bits per heavy atom. The largest absolute Gasteiger partial charge is 0.494 e. The summed E-state index contributed by atoms with van der Waals surface area (Å²) in [5, 5.41) is 17.5. The second-order valence-electron chi connectivity index (χ2n) is 24.7. The number of nitrogens with zero attached hydrogens (tertiary/aromatic N) is 2. The molecule has 3 atom stereocenters. The molecule has 0 spiro atoms. The molecular weight excluding hydrogens is 1700 g/mol. The minimum Gasteiger partial charge on any atom is -0.494 e. The third-order valence-electron chi connectivity index (χ3n) is 16.4. The van der Waals surface area contributed by atoms with Crippen molar-refractivity contribution < 1.29 is 190 Å². The summed E-state index contributed by atoms with van der Waals surface area (Å²) in [6.07, 6.45) is -16.7. The van der Waals surface area contributed by atoms with Gasteiger partial charge in [0.1, 0.15) is 37.1 Å². The summed E-state index contributed by atoms with van der Waals surface area (Å²) in [5.41, 5.74) is 0.396. The zero-order valence-corrected chi connectivity index (χ0v) is 64.0. The van der Waals surface area contributed by atoms with Crippen LogP contribution >= 0.6 is 0 Å². The predicted octanol–water partition coefficient (Wildman–Crippen LogP) is 19.6. The maximum atomic E-state index is 14.3. The molecule has 18 nitrogen and oxygen atoms in total. The molecule has 121 heavy (non-hydrogen) atoms. The van der Waals surface area contributed by atoms with E-state index in [2.05, 4.69) is 29.2 Å². The van der Waals surface area contributed by atoms with Crippen molar-refractivity contribution in [1.29, 1.82) is 10.5 Å². The quantitative estimate of drug-likeness (QED) is 0.0131. The number of rotatable bonds is 45. The van der Waals surface area contributed by atoms with E-state index in [1.807, 2.05) is 56.3 Å². The van der Waals surface area contributed by atoms with Gasteiger partial charge < -0.3 is 47.4 Å². The van der Waals surface area contributed by atoms with E-state index in [0.717, 1.165) is 36.3 Å². The van der Waals surface area contributed by atoms with Crippen LogP contribution < -0.4 is 14.2 Å². The van der Waals surface area contributed by atoms with Crippen molar-refractivity contribution in [3.05, 3.63) is 164 Å². The molecule has 4 aromatic carbocycles. The summed E-state index contributed by atoms with van der Waals surface area (Å²) < 4.78 is 391. The van der Waals surface area contributed by atoms with E-state index in [9.17, 15) is 143 Å². The van der Waals surface area contributed by atoms with Gasteiger partial charge in [0.2, 0.25) is 0 Å². The van der Waals surface area contributed by atoms with E-state index >= 15 is 0 Å². The van der Waals surface area contributed by atoms with Gasteiger partial charge in [-0.05, 0) is 117 Å². The van der Waals surface area contributed by atoms with E-state index in [-0.39, 0.29) is 71.3 Å². The molecule has 0 saturated heterocycles. The van der Waals surface area contributed by atoms with Crippen molar-refractivity contribution in [1.82, 2.24) is 0 Å². The Kier molecular flexibility index (Phi) is 43.2.